The minimum absolute atomic E-state index is 0.0222. The Labute approximate surface area is 226 Å². The summed E-state index contributed by atoms with van der Waals surface area (Å²) in [5.74, 6) is 0.241. The summed E-state index contributed by atoms with van der Waals surface area (Å²) in [4.78, 5) is 25.4. The lowest BCUT2D eigenvalue weighted by Crippen LogP contribution is -2.46. The Morgan fingerprint density at radius 3 is 2.28 bits per heavy atom. The Bertz CT molecular complexity index is 1400. The summed E-state index contributed by atoms with van der Waals surface area (Å²) in [6, 6.07) is 8.53. The molecule has 3 aromatic heterocycles. The van der Waals surface area contributed by atoms with Crippen molar-refractivity contribution >= 4 is 17.1 Å². The highest BCUT2D eigenvalue weighted by Crippen LogP contribution is 2.30. The zero-order valence-electron chi connectivity index (χ0n) is 21.9. The second-order valence-electron chi connectivity index (χ2n) is 10.4. The number of aromatic nitrogens is 4. The molecule has 3 aliphatic heterocycles. The molecule has 0 bridgehead atoms. The van der Waals surface area contributed by atoms with E-state index in [1.807, 2.05) is 28.0 Å². The van der Waals surface area contributed by atoms with Gasteiger partial charge in [-0.1, -0.05) is 0 Å². The van der Waals surface area contributed by atoms with Crippen molar-refractivity contribution in [2.24, 2.45) is 0 Å². The molecule has 6 heterocycles. The van der Waals surface area contributed by atoms with Crippen LogP contribution in [0.5, 0.6) is 0 Å². The molecule has 0 N–H and O–H groups in total. The van der Waals surface area contributed by atoms with E-state index in [2.05, 4.69) is 36.6 Å². The molecule has 1 aromatic carbocycles. The van der Waals surface area contributed by atoms with E-state index in [4.69, 9.17) is 0 Å². The van der Waals surface area contributed by atoms with Crippen LogP contribution < -0.4 is 4.90 Å². The molecule has 3 aliphatic rings. The lowest BCUT2D eigenvalue weighted by molar-refractivity contribution is 0.0565. The van der Waals surface area contributed by atoms with E-state index in [0.717, 1.165) is 74.9 Å². The van der Waals surface area contributed by atoms with Crippen LogP contribution in [0.25, 0.3) is 5.52 Å². The fourth-order valence-corrected chi connectivity index (χ4v) is 5.84. The second-order valence-corrected chi connectivity index (χ2v) is 10.4. The summed E-state index contributed by atoms with van der Waals surface area (Å²) in [6.07, 6.45) is 12.5. The lowest BCUT2D eigenvalue weighted by Gasteiger charge is -2.37. The van der Waals surface area contributed by atoms with Gasteiger partial charge >= 0.3 is 0 Å². The molecule has 2 saturated heterocycles. The number of hydrogen-bond donors (Lipinski definition) is 0. The average Bonchev–Trinajstić information content (AvgIpc) is 3.77. The van der Waals surface area contributed by atoms with Crippen molar-refractivity contribution in [2.75, 3.05) is 44.2 Å². The van der Waals surface area contributed by atoms with E-state index in [1.54, 1.807) is 6.20 Å². The standard InChI is InChI=1S/C23H29N7O.C6H4F2/c31-23(19-16-25-30-11-5-18(15-20(19)30)27-9-3-4-10-27)29-14-13-28-12-6-24-22(28)21(29)17-26-7-1-2-8-26;7-5-1-2-6(8)4-3-5/h5-6,11-12,15-16,21H,1-4,7-10,13-14,17H2;1-4H. The van der Waals surface area contributed by atoms with E-state index in [0.29, 0.717) is 12.1 Å². The van der Waals surface area contributed by atoms with Gasteiger partial charge in [0.1, 0.15) is 23.5 Å². The van der Waals surface area contributed by atoms with Gasteiger partial charge in [-0.2, -0.15) is 5.10 Å². The number of halogens is 2. The Morgan fingerprint density at radius 2 is 1.56 bits per heavy atom. The van der Waals surface area contributed by atoms with Crippen LogP contribution in [0.4, 0.5) is 14.5 Å². The molecule has 0 radical (unpaired) electrons. The summed E-state index contributed by atoms with van der Waals surface area (Å²) in [6.45, 7) is 6.71. The van der Waals surface area contributed by atoms with Gasteiger partial charge in [-0.05, 0) is 75.2 Å². The smallest absolute Gasteiger partial charge is 0.258 e. The molecule has 8 nitrogen and oxygen atoms in total. The highest BCUT2D eigenvalue weighted by atomic mass is 19.1. The quantitative estimate of drug-likeness (QED) is 0.390. The number of hydrogen-bond acceptors (Lipinski definition) is 5. The highest BCUT2D eigenvalue weighted by molar-refractivity contribution is 6.01. The molecule has 0 saturated carbocycles. The summed E-state index contributed by atoms with van der Waals surface area (Å²) in [5.41, 5.74) is 2.76. The fourth-order valence-electron chi connectivity index (χ4n) is 5.84. The molecule has 0 spiro atoms. The maximum Gasteiger partial charge on any atom is 0.258 e. The van der Waals surface area contributed by atoms with Gasteiger partial charge in [-0.15, -0.1) is 0 Å². The van der Waals surface area contributed by atoms with E-state index >= 15 is 0 Å². The van der Waals surface area contributed by atoms with Crippen LogP contribution in [0.15, 0.2) is 61.2 Å². The van der Waals surface area contributed by atoms with Crippen LogP contribution in [0.2, 0.25) is 0 Å². The van der Waals surface area contributed by atoms with Crippen molar-refractivity contribution in [1.82, 2.24) is 29.0 Å². The SMILES string of the molecule is Fc1ccc(F)cc1.O=C(c1cnn2ccc(N3CCCC3)cc12)N1CCn2ccnc2C1CN1CCCC1. The van der Waals surface area contributed by atoms with Gasteiger partial charge in [0.25, 0.3) is 5.91 Å². The van der Waals surface area contributed by atoms with E-state index in [-0.39, 0.29) is 11.9 Å². The Hall–Kier alpha value is -3.79. The lowest BCUT2D eigenvalue weighted by atomic mass is 10.1. The fraction of sp³-hybridized carbons (Fsp3) is 0.414. The molecular formula is C29H33F2N7O. The monoisotopic (exact) mass is 533 g/mol. The molecule has 4 aromatic rings. The van der Waals surface area contributed by atoms with Gasteiger partial charge in [-0.3, -0.25) is 4.79 Å². The third-order valence-corrected chi connectivity index (χ3v) is 7.90. The number of carbonyl (C=O) groups excluding carboxylic acids is 1. The van der Waals surface area contributed by atoms with Crippen LogP contribution in [0.1, 0.15) is 47.9 Å². The largest absolute Gasteiger partial charge is 0.371 e. The molecule has 204 valence electrons. The molecular weight excluding hydrogens is 500 g/mol. The van der Waals surface area contributed by atoms with Gasteiger partial charge < -0.3 is 19.3 Å². The Morgan fingerprint density at radius 1 is 0.872 bits per heavy atom. The van der Waals surface area contributed by atoms with Crippen molar-refractivity contribution in [2.45, 2.75) is 38.3 Å². The normalized spacial score (nSPS) is 19.3. The summed E-state index contributed by atoms with van der Waals surface area (Å²) in [5, 5.41) is 4.48. The van der Waals surface area contributed by atoms with Crippen LogP contribution in [-0.2, 0) is 6.54 Å². The molecule has 0 aliphatic carbocycles. The summed E-state index contributed by atoms with van der Waals surface area (Å²) < 4.78 is 27.9. The zero-order valence-corrected chi connectivity index (χ0v) is 21.9. The highest BCUT2D eigenvalue weighted by Gasteiger charge is 2.35. The number of imidazole rings is 1. The third-order valence-electron chi connectivity index (χ3n) is 7.90. The van der Waals surface area contributed by atoms with Gasteiger partial charge in [0, 0.05) is 57.0 Å². The summed E-state index contributed by atoms with van der Waals surface area (Å²) in [7, 11) is 0. The molecule has 39 heavy (non-hydrogen) atoms. The van der Waals surface area contributed by atoms with Crippen LogP contribution >= 0.6 is 0 Å². The minimum Gasteiger partial charge on any atom is -0.371 e. The van der Waals surface area contributed by atoms with Gasteiger partial charge in [0.2, 0.25) is 0 Å². The number of benzene rings is 1. The minimum atomic E-state index is -0.411. The zero-order chi connectivity index (χ0) is 26.8. The maximum atomic E-state index is 13.8. The average molecular weight is 534 g/mol. The van der Waals surface area contributed by atoms with E-state index in [1.165, 1.54) is 31.4 Å². The molecule has 1 atom stereocenters. The van der Waals surface area contributed by atoms with Crippen molar-refractivity contribution in [3.8, 4) is 0 Å². The van der Waals surface area contributed by atoms with E-state index in [9.17, 15) is 13.6 Å². The number of nitrogens with zero attached hydrogens (tertiary/aromatic N) is 7. The molecule has 7 rings (SSSR count). The third kappa shape index (κ3) is 5.38. The first-order valence-electron chi connectivity index (χ1n) is 13.7. The number of pyridine rings is 1. The number of likely N-dealkylation sites (tertiary alicyclic amines) is 1. The molecule has 10 heteroatoms. The predicted octanol–water partition coefficient (Wildman–Crippen LogP) is 4.39. The van der Waals surface area contributed by atoms with Gasteiger partial charge in [0.05, 0.1) is 17.3 Å². The van der Waals surface area contributed by atoms with Crippen molar-refractivity contribution in [3.63, 3.8) is 0 Å². The first-order chi connectivity index (χ1) is 19.1. The number of amides is 1. The van der Waals surface area contributed by atoms with Crippen molar-refractivity contribution < 1.29 is 13.6 Å². The second kappa shape index (κ2) is 11.1. The molecule has 1 amide bonds. The first kappa shape index (κ1) is 25.5. The Balaban J connectivity index is 0.000000299. The molecule has 2 fully saturated rings. The summed E-state index contributed by atoms with van der Waals surface area (Å²) >= 11 is 0. The van der Waals surface area contributed by atoms with Crippen LogP contribution in [-0.4, -0.2) is 74.1 Å². The van der Waals surface area contributed by atoms with E-state index < -0.39 is 11.6 Å². The molecule has 1 unspecified atom stereocenters. The van der Waals surface area contributed by atoms with Crippen molar-refractivity contribution in [1.29, 1.82) is 0 Å². The number of carbonyl (C=O) groups is 1. The van der Waals surface area contributed by atoms with Gasteiger partial charge in [0.15, 0.2) is 0 Å². The number of fused-ring (bicyclic) bond motifs is 2. The number of rotatable bonds is 4. The van der Waals surface area contributed by atoms with Crippen LogP contribution in [0.3, 0.4) is 0 Å². The van der Waals surface area contributed by atoms with Crippen molar-refractivity contribution in [3.05, 3.63) is 84.2 Å². The Kier molecular flexibility index (Phi) is 7.28. The number of anilines is 1. The predicted molar refractivity (Wildman–Crippen MR) is 145 cm³/mol. The topological polar surface area (TPSA) is 61.9 Å². The first-order valence-corrected chi connectivity index (χ1v) is 13.7. The van der Waals surface area contributed by atoms with Gasteiger partial charge in [-0.25, -0.2) is 18.3 Å². The van der Waals surface area contributed by atoms with Crippen LogP contribution in [0, 0.1) is 11.6 Å². The maximum absolute atomic E-state index is 13.8.